The number of rotatable bonds is 7. The van der Waals surface area contributed by atoms with Crippen LogP contribution in [0.15, 0.2) is 52.7 Å². The molecule has 0 radical (unpaired) electrons. The van der Waals surface area contributed by atoms with E-state index in [1.54, 1.807) is 31.4 Å². The molecule has 0 saturated carbocycles. The number of nitriles is 1. The molecule has 0 bridgehead atoms. The predicted molar refractivity (Wildman–Crippen MR) is 88.4 cm³/mol. The van der Waals surface area contributed by atoms with E-state index in [-0.39, 0.29) is 18.2 Å². The molecule has 0 aliphatic carbocycles. The third-order valence-corrected chi connectivity index (χ3v) is 3.14. The van der Waals surface area contributed by atoms with Crippen molar-refractivity contribution in [2.24, 2.45) is 0 Å². The summed E-state index contributed by atoms with van der Waals surface area (Å²) in [7, 11) is 1.56. The molecule has 0 fully saturated rings. The number of hydrogen-bond donors (Lipinski definition) is 1. The van der Waals surface area contributed by atoms with Crippen LogP contribution in [0.3, 0.4) is 0 Å². The molecule has 1 N–H and O–H groups in total. The summed E-state index contributed by atoms with van der Waals surface area (Å²) in [5.74, 6) is 1.17. The SMILES string of the molecule is COc1ccccc1OC(C)CNC(=O)/C(C#N)=C\c1ccco1. The lowest BCUT2D eigenvalue weighted by Gasteiger charge is -2.17. The minimum absolute atomic E-state index is 0.0329. The van der Waals surface area contributed by atoms with E-state index in [2.05, 4.69) is 5.32 Å². The van der Waals surface area contributed by atoms with Gasteiger partial charge in [-0.1, -0.05) is 12.1 Å². The predicted octanol–water partition coefficient (Wildman–Crippen LogP) is 2.78. The molecular weight excluding hydrogens is 308 g/mol. The largest absolute Gasteiger partial charge is 0.493 e. The van der Waals surface area contributed by atoms with Crippen molar-refractivity contribution in [1.82, 2.24) is 5.32 Å². The number of amides is 1. The third kappa shape index (κ3) is 4.65. The average Bonchev–Trinajstić information content (AvgIpc) is 3.11. The molecule has 0 aliphatic rings. The van der Waals surface area contributed by atoms with Crippen molar-refractivity contribution in [2.75, 3.05) is 13.7 Å². The van der Waals surface area contributed by atoms with Crippen molar-refractivity contribution >= 4 is 12.0 Å². The summed E-state index contributed by atoms with van der Waals surface area (Å²) in [6.07, 6.45) is 2.57. The lowest BCUT2D eigenvalue weighted by Crippen LogP contribution is -2.34. The van der Waals surface area contributed by atoms with Crippen LogP contribution < -0.4 is 14.8 Å². The van der Waals surface area contributed by atoms with Gasteiger partial charge in [0.25, 0.3) is 5.91 Å². The van der Waals surface area contributed by atoms with Crippen molar-refractivity contribution in [3.8, 4) is 17.6 Å². The fraction of sp³-hybridized carbons (Fsp3) is 0.222. The monoisotopic (exact) mass is 326 g/mol. The molecule has 6 nitrogen and oxygen atoms in total. The minimum Gasteiger partial charge on any atom is -0.493 e. The van der Waals surface area contributed by atoms with Crippen LogP contribution in [0.4, 0.5) is 0 Å². The Bertz CT molecular complexity index is 745. The molecule has 0 aliphatic heterocycles. The van der Waals surface area contributed by atoms with Crippen LogP contribution in [0.5, 0.6) is 11.5 Å². The highest BCUT2D eigenvalue weighted by molar-refractivity contribution is 6.01. The van der Waals surface area contributed by atoms with Gasteiger partial charge < -0.3 is 19.2 Å². The maximum Gasteiger partial charge on any atom is 0.262 e. The minimum atomic E-state index is -0.482. The van der Waals surface area contributed by atoms with Gasteiger partial charge in [-0.05, 0) is 31.2 Å². The van der Waals surface area contributed by atoms with Gasteiger partial charge in [-0.2, -0.15) is 5.26 Å². The number of furan rings is 1. The quantitative estimate of drug-likeness (QED) is 0.625. The van der Waals surface area contributed by atoms with Crippen LogP contribution in [-0.4, -0.2) is 25.7 Å². The van der Waals surface area contributed by atoms with Gasteiger partial charge in [0.15, 0.2) is 11.5 Å². The zero-order valence-corrected chi connectivity index (χ0v) is 13.5. The summed E-state index contributed by atoms with van der Waals surface area (Å²) in [5, 5.41) is 11.8. The van der Waals surface area contributed by atoms with E-state index in [0.717, 1.165) is 0 Å². The Kier molecular flexibility index (Phi) is 6.03. The van der Waals surface area contributed by atoms with Crippen LogP contribution in [-0.2, 0) is 4.79 Å². The first-order chi connectivity index (χ1) is 11.6. The molecule has 1 aromatic heterocycles. The van der Waals surface area contributed by atoms with Gasteiger partial charge in [0.1, 0.15) is 23.5 Å². The van der Waals surface area contributed by atoms with E-state index in [4.69, 9.17) is 19.2 Å². The Morgan fingerprint density at radius 3 is 2.71 bits per heavy atom. The number of carbonyl (C=O) groups excluding carboxylic acids is 1. The van der Waals surface area contributed by atoms with E-state index in [1.165, 1.54) is 12.3 Å². The third-order valence-electron chi connectivity index (χ3n) is 3.14. The molecule has 0 saturated heterocycles. The van der Waals surface area contributed by atoms with E-state index < -0.39 is 5.91 Å². The van der Waals surface area contributed by atoms with Gasteiger partial charge in [0, 0.05) is 6.08 Å². The second kappa shape index (κ2) is 8.44. The van der Waals surface area contributed by atoms with E-state index >= 15 is 0 Å². The standard InChI is InChI=1S/C18H18N2O4/c1-13(24-17-8-4-3-7-16(17)22-2)12-20-18(21)14(11-19)10-15-6-5-9-23-15/h3-10,13H,12H2,1-2H3,(H,20,21)/b14-10-. The number of benzene rings is 1. The number of ether oxygens (including phenoxy) is 2. The number of para-hydroxylation sites is 2. The summed E-state index contributed by atoms with van der Waals surface area (Å²) in [6.45, 7) is 2.06. The molecule has 1 amide bonds. The second-order valence-corrected chi connectivity index (χ2v) is 4.97. The number of hydrogen-bond acceptors (Lipinski definition) is 5. The fourth-order valence-corrected chi connectivity index (χ4v) is 1.97. The zero-order valence-electron chi connectivity index (χ0n) is 13.5. The maximum atomic E-state index is 12.1. The molecule has 6 heteroatoms. The van der Waals surface area contributed by atoms with Crippen molar-refractivity contribution in [3.63, 3.8) is 0 Å². The second-order valence-electron chi connectivity index (χ2n) is 4.97. The van der Waals surface area contributed by atoms with Gasteiger partial charge in [-0.25, -0.2) is 0 Å². The van der Waals surface area contributed by atoms with Crippen LogP contribution in [0.1, 0.15) is 12.7 Å². The Hall–Kier alpha value is -3.20. The first-order valence-electron chi connectivity index (χ1n) is 7.37. The summed E-state index contributed by atoms with van der Waals surface area (Å²) >= 11 is 0. The molecule has 1 heterocycles. The Morgan fingerprint density at radius 1 is 1.33 bits per heavy atom. The van der Waals surface area contributed by atoms with Crippen molar-refractivity contribution in [3.05, 3.63) is 54.0 Å². The molecule has 2 aromatic rings. The van der Waals surface area contributed by atoms with Crippen LogP contribution in [0, 0.1) is 11.3 Å². The Balaban J connectivity index is 1.92. The normalized spacial score (nSPS) is 12.1. The molecule has 2 rings (SSSR count). The van der Waals surface area contributed by atoms with E-state index in [0.29, 0.717) is 17.3 Å². The van der Waals surface area contributed by atoms with Gasteiger partial charge in [0.2, 0.25) is 0 Å². The summed E-state index contributed by atoms with van der Waals surface area (Å²) in [5.41, 5.74) is -0.0329. The highest BCUT2D eigenvalue weighted by Crippen LogP contribution is 2.26. The van der Waals surface area contributed by atoms with Gasteiger partial charge in [-0.3, -0.25) is 4.79 Å². The highest BCUT2D eigenvalue weighted by atomic mass is 16.5. The Labute approximate surface area is 140 Å². The number of nitrogens with zero attached hydrogens (tertiary/aromatic N) is 1. The zero-order chi connectivity index (χ0) is 17.4. The lowest BCUT2D eigenvalue weighted by atomic mass is 10.2. The lowest BCUT2D eigenvalue weighted by molar-refractivity contribution is -0.117. The summed E-state index contributed by atoms with van der Waals surface area (Å²) in [4.78, 5) is 12.1. The molecule has 1 aromatic carbocycles. The molecule has 24 heavy (non-hydrogen) atoms. The van der Waals surface area contributed by atoms with E-state index in [9.17, 15) is 4.79 Å². The molecular formula is C18H18N2O4. The molecule has 1 unspecified atom stereocenters. The van der Waals surface area contributed by atoms with Crippen molar-refractivity contribution < 1.29 is 18.7 Å². The number of nitrogens with one attached hydrogen (secondary N) is 1. The van der Waals surface area contributed by atoms with Gasteiger partial charge >= 0.3 is 0 Å². The molecule has 0 spiro atoms. The number of carbonyl (C=O) groups is 1. The smallest absolute Gasteiger partial charge is 0.262 e. The topological polar surface area (TPSA) is 84.5 Å². The van der Waals surface area contributed by atoms with E-state index in [1.807, 2.05) is 25.1 Å². The van der Waals surface area contributed by atoms with Crippen molar-refractivity contribution in [1.29, 1.82) is 5.26 Å². The molecule has 1 atom stereocenters. The van der Waals surface area contributed by atoms with Crippen LogP contribution >= 0.6 is 0 Å². The first-order valence-corrected chi connectivity index (χ1v) is 7.37. The molecule has 124 valence electrons. The fourth-order valence-electron chi connectivity index (χ4n) is 1.97. The maximum absolute atomic E-state index is 12.1. The Morgan fingerprint density at radius 2 is 2.08 bits per heavy atom. The van der Waals surface area contributed by atoms with Gasteiger partial charge in [0.05, 0.1) is 19.9 Å². The van der Waals surface area contributed by atoms with Crippen LogP contribution in [0.2, 0.25) is 0 Å². The van der Waals surface area contributed by atoms with Crippen molar-refractivity contribution in [2.45, 2.75) is 13.0 Å². The van der Waals surface area contributed by atoms with Gasteiger partial charge in [-0.15, -0.1) is 0 Å². The van der Waals surface area contributed by atoms with Crippen LogP contribution in [0.25, 0.3) is 6.08 Å². The number of methoxy groups -OCH3 is 1. The highest BCUT2D eigenvalue weighted by Gasteiger charge is 2.13. The average molecular weight is 326 g/mol. The summed E-state index contributed by atoms with van der Waals surface area (Å²) < 4.78 is 16.1. The first kappa shape index (κ1) is 17.2. The summed E-state index contributed by atoms with van der Waals surface area (Å²) in [6, 6.07) is 12.5.